The minimum Gasteiger partial charge on any atom is -0.339 e. The highest BCUT2D eigenvalue weighted by atomic mass is 79.9. The molecular formula is C19H18BrClN2O2. The largest absolute Gasteiger partial charge is 0.339 e. The zero-order chi connectivity index (χ0) is 17.8. The molecule has 1 heterocycles. The van der Waals surface area contributed by atoms with Crippen LogP contribution in [0.4, 0.5) is 5.69 Å². The first-order valence-electron chi connectivity index (χ1n) is 8.15. The predicted octanol–water partition coefficient (Wildman–Crippen LogP) is 4.59. The van der Waals surface area contributed by atoms with Crippen molar-refractivity contribution in [3.8, 4) is 0 Å². The molecule has 25 heavy (non-hydrogen) atoms. The fourth-order valence-electron chi connectivity index (χ4n) is 2.92. The Balaban J connectivity index is 1.56. The van der Waals surface area contributed by atoms with Crippen LogP contribution in [0.1, 0.15) is 23.2 Å². The monoisotopic (exact) mass is 420 g/mol. The molecular weight excluding hydrogens is 404 g/mol. The third kappa shape index (κ3) is 4.41. The van der Waals surface area contributed by atoms with Crippen LogP contribution >= 0.6 is 27.5 Å². The van der Waals surface area contributed by atoms with Crippen LogP contribution in [0.3, 0.4) is 0 Å². The van der Waals surface area contributed by atoms with Crippen molar-refractivity contribution in [1.82, 2.24) is 4.90 Å². The lowest BCUT2D eigenvalue weighted by molar-refractivity contribution is -0.121. The van der Waals surface area contributed by atoms with Gasteiger partial charge in [-0.05, 0) is 65.2 Å². The van der Waals surface area contributed by atoms with Crippen molar-refractivity contribution in [1.29, 1.82) is 0 Å². The van der Waals surface area contributed by atoms with Gasteiger partial charge in [-0.3, -0.25) is 9.59 Å². The van der Waals surface area contributed by atoms with Crippen molar-refractivity contribution in [2.75, 3.05) is 18.4 Å². The maximum absolute atomic E-state index is 12.5. The van der Waals surface area contributed by atoms with Gasteiger partial charge in [0.1, 0.15) is 0 Å². The van der Waals surface area contributed by atoms with Crippen LogP contribution in [-0.4, -0.2) is 29.8 Å². The molecule has 0 unspecified atom stereocenters. The normalized spacial score (nSPS) is 15.0. The van der Waals surface area contributed by atoms with Crippen LogP contribution in [0.15, 0.2) is 53.0 Å². The first-order valence-corrected chi connectivity index (χ1v) is 9.32. The SMILES string of the molecule is O=C(Nc1ccccc1Br)C1CCN(C(=O)c2ccc(Cl)cc2)CC1. The number of carbonyl (C=O) groups is 2. The number of halogens is 2. The highest BCUT2D eigenvalue weighted by Crippen LogP contribution is 2.25. The summed E-state index contributed by atoms with van der Waals surface area (Å²) in [5.74, 6) is -0.0896. The van der Waals surface area contributed by atoms with Gasteiger partial charge in [0.05, 0.1) is 5.69 Å². The molecule has 0 spiro atoms. The molecule has 1 aliphatic heterocycles. The number of nitrogens with zero attached hydrogens (tertiary/aromatic N) is 1. The lowest BCUT2D eigenvalue weighted by Crippen LogP contribution is -2.41. The van der Waals surface area contributed by atoms with Gasteiger partial charge in [0, 0.05) is 34.1 Å². The average molecular weight is 422 g/mol. The topological polar surface area (TPSA) is 49.4 Å². The van der Waals surface area contributed by atoms with E-state index < -0.39 is 0 Å². The van der Waals surface area contributed by atoms with Crippen molar-refractivity contribution < 1.29 is 9.59 Å². The lowest BCUT2D eigenvalue weighted by atomic mass is 9.95. The molecule has 0 bridgehead atoms. The molecule has 0 aliphatic carbocycles. The van der Waals surface area contributed by atoms with Crippen LogP contribution < -0.4 is 5.32 Å². The van der Waals surface area contributed by atoms with Crippen molar-refractivity contribution in [3.63, 3.8) is 0 Å². The van der Waals surface area contributed by atoms with Gasteiger partial charge in [0.2, 0.25) is 5.91 Å². The molecule has 1 fully saturated rings. The summed E-state index contributed by atoms with van der Waals surface area (Å²) in [7, 11) is 0. The van der Waals surface area contributed by atoms with Gasteiger partial charge in [-0.2, -0.15) is 0 Å². The van der Waals surface area contributed by atoms with E-state index in [1.54, 1.807) is 29.2 Å². The van der Waals surface area contributed by atoms with E-state index in [1.807, 2.05) is 24.3 Å². The minimum absolute atomic E-state index is 0.00509. The molecule has 0 aromatic heterocycles. The number of nitrogens with one attached hydrogen (secondary N) is 1. The fraction of sp³-hybridized carbons (Fsp3) is 0.263. The number of rotatable bonds is 3. The van der Waals surface area contributed by atoms with Crippen molar-refractivity contribution >= 4 is 45.0 Å². The van der Waals surface area contributed by atoms with E-state index in [0.717, 1.165) is 10.2 Å². The first kappa shape index (κ1) is 18.0. The number of anilines is 1. The molecule has 0 atom stereocenters. The Hall–Kier alpha value is -1.85. The molecule has 130 valence electrons. The standard InChI is InChI=1S/C19H18BrClN2O2/c20-16-3-1-2-4-17(16)22-18(24)13-9-11-23(12-10-13)19(25)14-5-7-15(21)8-6-14/h1-8,13H,9-12H2,(H,22,24). The molecule has 1 N–H and O–H groups in total. The van der Waals surface area contributed by atoms with E-state index in [9.17, 15) is 9.59 Å². The minimum atomic E-state index is -0.0821. The van der Waals surface area contributed by atoms with Crippen molar-refractivity contribution in [3.05, 3.63) is 63.6 Å². The highest BCUT2D eigenvalue weighted by molar-refractivity contribution is 9.10. The first-order chi connectivity index (χ1) is 12.0. The summed E-state index contributed by atoms with van der Waals surface area (Å²) >= 11 is 9.29. The third-order valence-corrected chi connectivity index (χ3v) is 5.32. The van der Waals surface area contributed by atoms with E-state index in [-0.39, 0.29) is 17.7 Å². The molecule has 2 amide bonds. The van der Waals surface area contributed by atoms with Crippen LogP contribution in [0.25, 0.3) is 0 Å². The Morgan fingerprint density at radius 3 is 2.32 bits per heavy atom. The Kier molecular flexibility index (Phi) is 5.76. The van der Waals surface area contributed by atoms with Gasteiger partial charge >= 0.3 is 0 Å². The summed E-state index contributed by atoms with van der Waals surface area (Å²) in [6.07, 6.45) is 1.32. The summed E-state index contributed by atoms with van der Waals surface area (Å²) in [5.41, 5.74) is 1.40. The number of para-hydroxylation sites is 1. The molecule has 3 rings (SSSR count). The van der Waals surface area contributed by atoms with E-state index >= 15 is 0 Å². The number of carbonyl (C=O) groups excluding carboxylic acids is 2. The van der Waals surface area contributed by atoms with E-state index in [0.29, 0.717) is 36.5 Å². The summed E-state index contributed by atoms with van der Waals surface area (Å²) in [5, 5.41) is 3.57. The van der Waals surface area contributed by atoms with Gasteiger partial charge in [-0.15, -0.1) is 0 Å². The summed E-state index contributed by atoms with van der Waals surface area (Å²) in [6.45, 7) is 1.16. The molecule has 6 heteroatoms. The average Bonchev–Trinajstić information content (AvgIpc) is 2.64. The molecule has 1 saturated heterocycles. The number of likely N-dealkylation sites (tertiary alicyclic amines) is 1. The number of hydrogen-bond donors (Lipinski definition) is 1. The second-order valence-corrected chi connectivity index (χ2v) is 7.33. The molecule has 0 saturated carbocycles. The Labute approximate surface area is 160 Å². The van der Waals surface area contributed by atoms with Crippen LogP contribution in [0.2, 0.25) is 5.02 Å². The summed E-state index contributed by atoms with van der Waals surface area (Å²) in [6, 6.07) is 14.4. The zero-order valence-electron chi connectivity index (χ0n) is 13.5. The van der Waals surface area contributed by atoms with Gasteiger partial charge in [-0.1, -0.05) is 23.7 Å². The zero-order valence-corrected chi connectivity index (χ0v) is 15.9. The van der Waals surface area contributed by atoms with Crippen LogP contribution in [0, 0.1) is 5.92 Å². The number of piperidine rings is 1. The molecule has 2 aromatic rings. The smallest absolute Gasteiger partial charge is 0.253 e. The second kappa shape index (κ2) is 8.02. The van der Waals surface area contributed by atoms with E-state index in [1.165, 1.54) is 0 Å². The second-order valence-electron chi connectivity index (χ2n) is 6.04. The third-order valence-electron chi connectivity index (χ3n) is 4.38. The Morgan fingerprint density at radius 1 is 1.04 bits per heavy atom. The molecule has 2 aromatic carbocycles. The van der Waals surface area contributed by atoms with E-state index in [4.69, 9.17) is 11.6 Å². The number of hydrogen-bond acceptors (Lipinski definition) is 2. The Bertz CT molecular complexity index is 771. The lowest BCUT2D eigenvalue weighted by Gasteiger charge is -2.31. The van der Waals surface area contributed by atoms with Gasteiger partial charge in [-0.25, -0.2) is 0 Å². The van der Waals surface area contributed by atoms with Gasteiger partial charge in [0.25, 0.3) is 5.91 Å². The fourth-order valence-corrected chi connectivity index (χ4v) is 3.43. The maximum atomic E-state index is 12.5. The predicted molar refractivity (Wildman–Crippen MR) is 103 cm³/mol. The van der Waals surface area contributed by atoms with Gasteiger partial charge < -0.3 is 10.2 Å². The molecule has 0 radical (unpaired) electrons. The maximum Gasteiger partial charge on any atom is 0.253 e. The van der Waals surface area contributed by atoms with Crippen molar-refractivity contribution in [2.24, 2.45) is 5.92 Å². The highest BCUT2D eigenvalue weighted by Gasteiger charge is 2.28. The van der Waals surface area contributed by atoms with Crippen LogP contribution in [0.5, 0.6) is 0 Å². The number of benzene rings is 2. The Morgan fingerprint density at radius 2 is 1.68 bits per heavy atom. The summed E-state index contributed by atoms with van der Waals surface area (Å²) in [4.78, 5) is 26.8. The summed E-state index contributed by atoms with van der Waals surface area (Å²) < 4.78 is 0.860. The molecule has 4 nitrogen and oxygen atoms in total. The van der Waals surface area contributed by atoms with Crippen molar-refractivity contribution in [2.45, 2.75) is 12.8 Å². The molecule has 1 aliphatic rings. The van der Waals surface area contributed by atoms with Crippen LogP contribution in [-0.2, 0) is 4.79 Å². The van der Waals surface area contributed by atoms with E-state index in [2.05, 4.69) is 21.2 Å². The van der Waals surface area contributed by atoms with Gasteiger partial charge in [0.15, 0.2) is 0 Å². The quantitative estimate of drug-likeness (QED) is 0.788. The number of amides is 2.